The summed E-state index contributed by atoms with van der Waals surface area (Å²) in [6, 6.07) is 4.23. The first-order valence-corrected chi connectivity index (χ1v) is 8.09. The van der Waals surface area contributed by atoms with Gasteiger partial charge in [0.25, 0.3) is 0 Å². The van der Waals surface area contributed by atoms with Gasteiger partial charge in [-0.05, 0) is 51.7 Å². The van der Waals surface area contributed by atoms with Gasteiger partial charge in [0.2, 0.25) is 5.91 Å². The first-order valence-electron chi connectivity index (χ1n) is 7.71. The predicted molar refractivity (Wildman–Crippen MR) is 86.0 cm³/mol. The summed E-state index contributed by atoms with van der Waals surface area (Å²) >= 11 is 5.75. The second kappa shape index (κ2) is 6.87. The maximum atomic E-state index is 14.1. The molecular weight excluding hydrogens is 321 g/mol. The van der Waals surface area contributed by atoms with Crippen LogP contribution in [0.1, 0.15) is 45.1 Å². The number of hydrogen-bond acceptors (Lipinski definition) is 2. The standard InChI is InChI=1S/C17H21ClFNO3/c1-17(2,13-8-5-11(18)9-14(13)19)16(23)20-12-6-3-10(4-7-12)15(21)22/h5,8-10,12H,3-4,6-7H2,1-2H3,(H,20,23)(H,21,22). The minimum Gasteiger partial charge on any atom is -0.481 e. The van der Waals surface area contributed by atoms with E-state index >= 15 is 0 Å². The average Bonchev–Trinajstić information content (AvgIpc) is 2.47. The Bertz CT molecular complexity index is 610. The average molecular weight is 342 g/mol. The number of carboxylic acid groups (broad SMARTS) is 1. The van der Waals surface area contributed by atoms with E-state index in [1.807, 2.05) is 0 Å². The molecule has 126 valence electrons. The van der Waals surface area contributed by atoms with E-state index in [0.717, 1.165) is 0 Å². The summed E-state index contributed by atoms with van der Waals surface area (Å²) in [5.41, 5.74) is -0.739. The van der Waals surface area contributed by atoms with Gasteiger partial charge in [-0.15, -0.1) is 0 Å². The van der Waals surface area contributed by atoms with Gasteiger partial charge < -0.3 is 10.4 Å². The molecule has 0 aromatic heterocycles. The smallest absolute Gasteiger partial charge is 0.306 e. The Hall–Kier alpha value is -1.62. The van der Waals surface area contributed by atoms with Crippen LogP contribution in [0.4, 0.5) is 4.39 Å². The van der Waals surface area contributed by atoms with Gasteiger partial charge in [0, 0.05) is 16.6 Å². The lowest BCUT2D eigenvalue weighted by Gasteiger charge is -2.31. The van der Waals surface area contributed by atoms with Crippen LogP contribution in [-0.4, -0.2) is 23.0 Å². The SMILES string of the molecule is CC(C)(C(=O)NC1CCC(C(=O)O)CC1)c1ccc(Cl)cc1F. The maximum absolute atomic E-state index is 14.1. The first-order chi connectivity index (χ1) is 10.7. The Morgan fingerprint density at radius 3 is 2.39 bits per heavy atom. The van der Waals surface area contributed by atoms with Crippen molar-refractivity contribution in [2.75, 3.05) is 0 Å². The van der Waals surface area contributed by atoms with Crippen LogP contribution >= 0.6 is 11.6 Å². The summed E-state index contributed by atoms with van der Waals surface area (Å²) in [4.78, 5) is 23.5. The van der Waals surface area contributed by atoms with Crippen LogP contribution in [0.3, 0.4) is 0 Å². The Labute approximate surface area is 140 Å². The molecule has 0 spiro atoms. The number of nitrogens with one attached hydrogen (secondary N) is 1. The number of carbonyl (C=O) groups excluding carboxylic acids is 1. The third-order valence-electron chi connectivity index (χ3n) is 4.58. The van der Waals surface area contributed by atoms with Gasteiger partial charge in [0.05, 0.1) is 11.3 Å². The third-order valence-corrected chi connectivity index (χ3v) is 4.82. The Kier molecular flexibility index (Phi) is 5.30. The van der Waals surface area contributed by atoms with Crippen molar-refractivity contribution in [2.24, 2.45) is 5.92 Å². The van der Waals surface area contributed by atoms with Crippen LogP contribution < -0.4 is 5.32 Å². The molecule has 2 N–H and O–H groups in total. The topological polar surface area (TPSA) is 66.4 Å². The van der Waals surface area contributed by atoms with Crippen molar-refractivity contribution in [3.05, 3.63) is 34.6 Å². The highest BCUT2D eigenvalue weighted by atomic mass is 35.5. The van der Waals surface area contributed by atoms with Crippen molar-refractivity contribution in [1.29, 1.82) is 0 Å². The summed E-state index contributed by atoms with van der Waals surface area (Å²) in [7, 11) is 0. The molecule has 0 unspecified atom stereocenters. The van der Waals surface area contributed by atoms with Gasteiger partial charge in [0.15, 0.2) is 0 Å². The van der Waals surface area contributed by atoms with E-state index in [1.165, 1.54) is 12.1 Å². The molecule has 1 aliphatic carbocycles. The van der Waals surface area contributed by atoms with Gasteiger partial charge in [-0.1, -0.05) is 17.7 Å². The summed E-state index contributed by atoms with van der Waals surface area (Å²) in [6.07, 6.45) is 2.36. The van der Waals surface area contributed by atoms with Crippen LogP contribution in [-0.2, 0) is 15.0 Å². The predicted octanol–water partition coefficient (Wildman–Crippen LogP) is 3.52. The molecule has 0 atom stereocenters. The summed E-state index contributed by atoms with van der Waals surface area (Å²) < 4.78 is 14.1. The van der Waals surface area contributed by atoms with Crippen LogP contribution in [0.15, 0.2) is 18.2 Å². The molecule has 1 fully saturated rings. The van der Waals surface area contributed by atoms with Crippen LogP contribution in [0.25, 0.3) is 0 Å². The van der Waals surface area contributed by atoms with Gasteiger partial charge in [-0.25, -0.2) is 4.39 Å². The van der Waals surface area contributed by atoms with Crippen molar-refractivity contribution in [3.8, 4) is 0 Å². The number of halogens is 2. The van der Waals surface area contributed by atoms with E-state index in [-0.39, 0.29) is 22.9 Å². The van der Waals surface area contributed by atoms with E-state index in [2.05, 4.69) is 5.32 Å². The van der Waals surface area contributed by atoms with E-state index in [0.29, 0.717) is 31.2 Å². The highest BCUT2D eigenvalue weighted by Crippen LogP contribution is 2.30. The number of aliphatic carboxylic acids is 1. The van der Waals surface area contributed by atoms with Gasteiger partial charge in [0.1, 0.15) is 5.82 Å². The molecule has 0 radical (unpaired) electrons. The highest BCUT2D eigenvalue weighted by molar-refractivity contribution is 6.30. The van der Waals surface area contributed by atoms with Crippen molar-refractivity contribution in [1.82, 2.24) is 5.32 Å². The molecule has 1 saturated carbocycles. The van der Waals surface area contributed by atoms with E-state index in [4.69, 9.17) is 16.7 Å². The second-order valence-corrected chi connectivity index (χ2v) is 7.05. The molecule has 4 nitrogen and oxygen atoms in total. The first kappa shape index (κ1) is 17.7. The molecule has 6 heteroatoms. The Morgan fingerprint density at radius 1 is 1.26 bits per heavy atom. The lowest BCUT2D eigenvalue weighted by Crippen LogP contribution is -2.47. The van der Waals surface area contributed by atoms with E-state index in [9.17, 15) is 14.0 Å². The zero-order valence-corrected chi connectivity index (χ0v) is 14.0. The molecule has 1 amide bonds. The second-order valence-electron chi connectivity index (χ2n) is 6.61. The Morgan fingerprint density at radius 2 is 1.87 bits per heavy atom. The van der Waals surface area contributed by atoms with Crippen molar-refractivity contribution < 1.29 is 19.1 Å². The molecule has 1 aliphatic rings. The van der Waals surface area contributed by atoms with Crippen molar-refractivity contribution in [2.45, 2.75) is 51.0 Å². The summed E-state index contributed by atoms with van der Waals surface area (Å²) in [5, 5.41) is 12.2. The number of carboxylic acids is 1. The largest absolute Gasteiger partial charge is 0.481 e. The highest BCUT2D eigenvalue weighted by Gasteiger charge is 2.35. The summed E-state index contributed by atoms with van der Waals surface area (Å²) in [6.45, 7) is 3.33. The van der Waals surface area contributed by atoms with Gasteiger partial charge in [-0.3, -0.25) is 9.59 Å². The molecular formula is C17H21ClFNO3. The van der Waals surface area contributed by atoms with Crippen LogP contribution in [0.5, 0.6) is 0 Å². The number of benzene rings is 1. The normalized spacial score (nSPS) is 21.7. The fraction of sp³-hybridized carbons (Fsp3) is 0.529. The van der Waals surface area contributed by atoms with Crippen molar-refractivity contribution in [3.63, 3.8) is 0 Å². The molecule has 1 aromatic carbocycles. The van der Waals surface area contributed by atoms with Crippen LogP contribution in [0, 0.1) is 11.7 Å². The number of hydrogen-bond donors (Lipinski definition) is 2. The molecule has 0 aliphatic heterocycles. The lowest BCUT2D eigenvalue weighted by atomic mass is 9.81. The fourth-order valence-corrected chi connectivity index (χ4v) is 3.13. The molecule has 0 bridgehead atoms. The maximum Gasteiger partial charge on any atom is 0.306 e. The van der Waals surface area contributed by atoms with Gasteiger partial charge in [-0.2, -0.15) is 0 Å². The molecule has 0 heterocycles. The van der Waals surface area contributed by atoms with E-state index < -0.39 is 17.2 Å². The molecule has 1 aromatic rings. The number of amides is 1. The van der Waals surface area contributed by atoms with Gasteiger partial charge >= 0.3 is 5.97 Å². The third kappa shape index (κ3) is 4.02. The molecule has 0 saturated heterocycles. The zero-order valence-electron chi connectivity index (χ0n) is 13.2. The van der Waals surface area contributed by atoms with E-state index in [1.54, 1.807) is 19.9 Å². The minimum atomic E-state index is -1.03. The summed E-state index contributed by atoms with van der Waals surface area (Å²) in [5.74, 6) is -1.88. The molecule has 2 rings (SSSR count). The fourth-order valence-electron chi connectivity index (χ4n) is 2.97. The lowest BCUT2D eigenvalue weighted by molar-refractivity contribution is -0.142. The number of rotatable bonds is 4. The van der Waals surface area contributed by atoms with Crippen molar-refractivity contribution >= 4 is 23.5 Å². The zero-order chi connectivity index (χ0) is 17.2. The Balaban J connectivity index is 2.03. The minimum absolute atomic E-state index is 0.0623. The monoisotopic (exact) mass is 341 g/mol. The molecule has 23 heavy (non-hydrogen) atoms. The number of carbonyl (C=O) groups is 2. The quantitative estimate of drug-likeness (QED) is 0.880. The van der Waals surface area contributed by atoms with Crippen LogP contribution in [0.2, 0.25) is 5.02 Å².